The summed E-state index contributed by atoms with van der Waals surface area (Å²) < 4.78 is 11.3. The van der Waals surface area contributed by atoms with Crippen LogP contribution >= 0.6 is 11.8 Å². The zero-order valence-electron chi connectivity index (χ0n) is 12.3. The van der Waals surface area contributed by atoms with Gasteiger partial charge in [0.2, 0.25) is 0 Å². The molecule has 4 nitrogen and oxygen atoms in total. The number of nitrogens with zero attached hydrogens (tertiary/aromatic N) is 1. The van der Waals surface area contributed by atoms with Gasteiger partial charge in [0.1, 0.15) is 0 Å². The molecular formula is C15H24N2O2S. The number of ether oxygens (including phenoxy) is 2. The molecule has 1 aromatic carbocycles. The van der Waals surface area contributed by atoms with Gasteiger partial charge in [0.05, 0.1) is 13.2 Å². The maximum absolute atomic E-state index is 6.25. The predicted molar refractivity (Wildman–Crippen MR) is 84.9 cm³/mol. The molecule has 0 bridgehead atoms. The van der Waals surface area contributed by atoms with Gasteiger partial charge in [0, 0.05) is 30.5 Å². The van der Waals surface area contributed by atoms with E-state index in [-0.39, 0.29) is 6.04 Å². The molecular weight excluding hydrogens is 272 g/mol. The highest BCUT2D eigenvalue weighted by Gasteiger charge is 2.13. The van der Waals surface area contributed by atoms with Crippen LogP contribution in [0.2, 0.25) is 0 Å². The Morgan fingerprint density at radius 1 is 1.25 bits per heavy atom. The number of nitrogens with two attached hydrogens (primary N) is 1. The van der Waals surface area contributed by atoms with Crippen LogP contribution in [0.5, 0.6) is 11.5 Å². The summed E-state index contributed by atoms with van der Waals surface area (Å²) in [7, 11) is 4.18. The Morgan fingerprint density at radius 2 is 2.00 bits per heavy atom. The first kappa shape index (κ1) is 15.5. The van der Waals surface area contributed by atoms with Crippen LogP contribution in [-0.4, -0.2) is 50.3 Å². The second kappa shape index (κ2) is 7.76. The lowest BCUT2D eigenvalue weighted by molar-refractivity contribution is 0.297. The van der Waals surface area contributed by atoms with Gasteiger partial charge < -0.3 is 20.1 Å². The molecule has 1 atom stereocenters. The highest BCUT2D eigenvalue weighted by molar-refractivity contribution is 7.99. The van der Waals surface area contributed by atoms with Crippen molar-refractivity contribution in [2.75, 3.05) is 45.4 Å². The molecule has 5 heteroatoms. The third-order valence-electron chi connectivity index (χ3n) is 3.18. The van der Waals surface area contributed by atoms with Crippen LogP contribution in [0.25, 0.3) is 0 Å². The van der Waals surface area contributed by atoms with Crippen LogP contribution in [0.15, 0.2) is 18.2 Å². The van der Waals surface area contributed by atoms with Crippen molar-refractivity contribution in [3.05, 3.63) is 23.8 Å². The first-order chi connectivity index (χ1) is 9.66. The van der Waals surface area contributed by atoms with E-state index in [0.29, 0.717) is 6.61 Å². The molecule has 1 unspecified atom stereocenters. The molecule has 112 valence electrons. The fourth-order valence-electron chi connectivity index (χ4n) is 1.96. The van der Waals surface area contributed by atoms with Crippen LogP contribution in [0.4, 0.5) is 0 Å². The summed E-state index contributed by atoms with van der Waals surface area (Å²) in [4.78, 5) is 2.19. The van der Waals surface area contributed by atoms with E-state index in [4.69, 9.17) is 15.2 Å². The van der Waals surface area contributed by atoms with Gasteiger partial charge >= 0.3 is 0 Å². The minimum Gasteiger partial charge on any atom is -0.490 e. The van der Waals surface area contributed by atoms with Crippen molar-refractivity contribution in [1.29, 1.82) is 0 Å². The third-order valence-corrected chi connectivity index (χ3v) is 4.25. The number of benzene rings is 1. The SMILES string of the molecule is CN(C)CCSCC(N)c1ccc2c(c1)OCCCO2. The monoisotopic (exact) mass is 296 g/mol. The van der Waals surface area contributed by atoms with E-state index < -0.39 is 0 Å². The zero-order chi connectivity index (χ0) is 14.4. The molecule has 0 aliphatic carbocycles. The molecule has 2 N–H and O–H groups in total. The van der Waals surface area contributed by atoms with Crippen molar-refractivity contribution in [3.63, 3.8) is 0 Å². The second-order valence-electron chi connectivity index (χ2n) is 5.24. The first-order valence-electron chi connectivity index (χ1n) is 7.04. The van der Waals surface area contributed by atoms with E-state index in [2.05, 4.69) is 19.0 Å². The van der Waals surface area contributed by atoms with E-state index in [9.17, 15) is 0 Å². The van der Waals surface area contributed by atoms with Gasteiger partial charge in [0.25, 0.3) is 0 Å². The summed E-state index contributed by atoms with van der Waals surface area (Å²) >= 11 is 1.89. The van der Waals surface area contributed by atoms with E-state index >= 15 is 0 Å². The summed E-state index contributed by atoms with van der Waals surface area (Å²) in [5.74, 6) is 3.69. The number of rotatable bonds is 6. The van der Waals surface area contributed by atoms with Gasteiger partial charge in [-0.25, -0.2) is 0 Å². The summed E-state index contributed by atoms with van der Waals surface area (Å²) in [6, 6.07) is 6.09. The lowest BCUT2D eigenvalue weighted by atomic mass is 10.1. The first-order valence-corrected chi connectivity index (χ1v) is 8.20. The molecule has 0 fully saturated rings. The third kappa shape index (κ3) is 4.58. The average Bonchev–Trinajstić information content (AvgIpc) is 2.67. The molecule has 1 aliphatic heterocycles. The van der Waals surface area contributed by atoms with Crippen molar-refractivity contribution >= 4 is 11.8 Å². The van der Waals surface area contributed by atoms with Gasteiger partial charge in [-0.1, -0.05) is 6.07 Å². The van der Waals surface area contributed by atoms with Crippen LogP contribution in [0.3, 0.4) is 0 Å². The standard InChI is InChI=1S/C15H24N2O2S/c1-17(2)6-9-20-11-13(16)12-4-5-14-15(10-12)19-8-3-7-18-14/h4-5,10,13H,3,6-9,11,16H2,1-2H3. The Bertz CT molecular complexity index is 426. The maximum Gasteiger partial charge on any atom is 0.161 e. The Labute approximate surface area is 125 Å². The molecule has 0 saturated heterocycles. The van der Waals surface area contributed by atoms with Crippen molar-refractivity contribution in [3.8, 4) is 11.5 Å². The average molecular weight is 296 g/mol. The molecule has 2 rings (SSSR count). The topological polar surface area (TPSA) is 47.7 Å². The minimum absolute atomic E-state index is 0.0410. The molecule has 1 aliphatic rings. The smallest absolute Gasteiger partial charge is 0.161 e. The molecule has 0 radical (unpaired) electrons. The van der Waals surface area contributed by atoms with Gasteiger partial charge in [-0.2, -0.15) is 11.8 Å². The van der Waals surface area contributed by atoms with Gasteiger partial charge in [0.15, 0.2) is 11.5 Å². The molecule has 1 heterocycles. The minimum atomic E-state index is 0.0410. The Balaban J connectivity index is 1.89. The van der Waals surface area contributed by atoms with Crippen molar-refractivity contribution in [2.45, 2.75) is 12.5 Å². The number of fused-ring (bicyclic) bond motifs is 1. The fraction of sp³-hybridized carbons (Fsp3) is 0.600. The molecule has 0 aromatic heterocycles. The fourth-order valence-corrected chi connectivity index (χ4v) is 3.07. The van der Waals surface area contributed by atoms with Crippen LogP contribution in [0, 0.1) is 0 Å². The molecule has 0 saturated carbocycles. The van der Waals surface area contributed by atoms with Crippen molar-refractivity contribution in [2.24, 2.45) is 5.73 Å². The van der Waals surface area contributed by atoms with Crippen molar-refractivity contribution in [1.82, 2.24) is 4.90 Å². The number of thioether (sulfide) groups is 1. The van der Waals surface area contributed by atoms with Crippen LogP contribution < -0.4 is 15.2 Å². The van der Waals surface area contributed by atoms with Gasteiger partial charge in [-0.3, -0.25) is 0 Å². The van der Waals surface area contributed by atoms with E-state index in [1.165, 1.54) is 0 Å². The quantitative estimate of drug-likeness (QED) is 0.815. The second-order valence-corrected chi connectivity index (χ2v) is 6.39. The van der Waals surface area contributed by atoms with E-state index in [1.54, 1.807) is 0 Å². The zero-order valence-corrected chi connectivity index (χ0v) is 13.1. The van der Waals surface area contributed by atoms with Crippen molar-refractivity contribution < 1.29 is 9.47 Å². The summed E-state index contributed by atoms with van der Waals surface area (Å²) in [5, 5.41) is 0. The highest BCUT2D eigenvalue weighted by Crippen LogP contribution is 2.32. The van der Waals surface area contributed by atoms with Crippen LogP contribution in [-0.2, 0) is 0 Å². The molecule has 0 amide bonds. The lowest BCUT2D eigenvalue weighted by Gasteiger charge is -2.15. The molecule has 20 heavy (non-hydrogen) atoms. The van der Waals surface area contributed by atoms with Gasteiger partial charge in [-0.05, 0) is 31.8 Å². The number of hydrogen-bond donors (Lipinski definition) is 1. The van der Waals surface area contributed by atoms with E-state index in [1.807, 2.05) is 30.0 Å². The Kier molecular flexibility index (Phi) is 6.01. The summed E-state index contributed by atoms with van der Waals surface area (Å²) in [6.45, 7) is 2.51. The summed E-state index contributed by atoms with van der Waals surface area (Å²) in [5.41, 5.74) is 7.37. The largest absolute Gasteiger partial charge is 0.490 e. The highest BCUT2D eigenvalue weighted by atomic mass is 32.2. The molecule has 0 spiro atoms. The lowest BCUT2D eigenvalue weighted by Crippen LogP contribution is -2.17. The predicted octanol–water partition coefficient (Wildman–Crippen LogP) is 2.14. The normalized spacial score (nSPS) is 16.0. The van der Waals surface area contributed by atoms with Gasteiger partial charge in [-0.15, -0.1) is 0 Å². The number of hydrogen-bond acceptors (Lipinski definition) is 5. The Hall–Kier alpha value is -0.910. The Morgan fingerprint density at radius 3 is 2.75 bits per heavy atom. The van der Waals surface area contributed by atoms with Crippen LogP contribution in [0.1, 0.15) is 18.0 Å². The van der Waals surface area contributed by atoms with E-state index in [0.717, 1.165) is 48.1 Å². The maximum atomic E-state index is 6.25. The summed E-state index contributed by atoms with van der Waals surface area (Å²) in [6.07, 6.45) is 0.927. The molecule has 1 aromatic rings.